The van der Waals surface area contributed by atoms with E-state index in [4.69, 9.17) is 27.9 Å². The summed E-state index contributed by atoms with van der Waals surface area (Å²) in [5.74, 6) is 0.0234. The molecule has 0 spiro atoms. The number of alkyl halides is 1. The first kappa shape index (κ1) is 8.88. The molecule has 1 saturated heterocycles. The first-order chi connectivity index (χ1) is 5.16. The van der Waals surface area contributed by atoms with Crippen LogP contribution in [0, 0.1) is 5.92 Å². The average molecular weight is 195 g/mol. The van der Waals surface area contributed by atoms with E-state index in [0.29, 0.717) is 23.1 Å². The van der Waals surface area contributed by atoms with Crippen molar-refractivity contribution < 1.29 is 9.53 Å². The van der Waals surface area contributed by atoms with Gasteiger partial charge in [0.25, 0.3) is 0 Å². The van der Waals surface area contributed by atoms with Crippen LogP contribution in [-0.4, -0.2) is 18.5 Å². The van der Waals surface area contributed by atoms with Crippen molar-refractivity contribution in [3.63, 3.8) is 0 Å². The molecule has 0 amide bonds. The molecule has 11 heavy (non-hydrogen) atoms. The summed E-state index contributed by atoms with van der Waals surface area (Å²) in [5, 5.41) is 0.484. The second kappa shape index (κ2) is 3.46. The Balaban J connectivity index is 2.89. The Kier molecular flexibility index (Phi) is 2.79. The number of rotatable bonds is 1. The van der Waals surface area contributed by atoms with Crippen LogP contribution in [0.1, 0.15) is 6.92 Å². The minimum atomic E-state index is -0.330. The van der Waals surface area contributed by atoms with E-state index in [1.807, 2.05) is 0 Å². The molecule has 1 rings (SSSR count). The highest BCUT2D eigenvalue weighted by Gasteiger charge is 2.31. The number of halogens is 2. The lowest BCUT2D eigenvalue weighted by Crippen LogP contribution is -2.05. The van der Waals surface area contributed by atoms with E-state index in [1.165, 1.54) is 0 Å². The van der Waals surface area contributed by atoms with Gasteiger partial charge in [-0.1, -0.05) is 11.6 Å². The number of carbonyl (C=O) groups excluding carboxylic acids is 1. The van der Waals surface area contributed by atoms with Crippen LogP contribution in [0.2, 0.25) is 0 Å². The quantitative estimate of drug-likeness (QED) is 0.363. The molecule has 1 aliphatic rings. The summed E-state index contributed by atoms with van der Waals surface area (Å²) in [7, 11) is 0. The summed E-state index contributed by atoms with van der Waals surface area (Å²) in [6.45, 7) is 2.03. The maximum absolute atomic E-state index is 11.0. The number of ether oxygens (including phenoxy) is 1. The fraction of sp³-hybridized carbons (Fsp3) is 0.571. The maximum Gasteiger partial charge on any atom is 0.335 e. The van der Waals surface area contributed by atoms with Gasteiger partial charge in [0, 0.05) is 16.8 Å². The molecule has 0 radical (unpaired) electrons. The number of cyclic esters (lactones) is 1. The summed E-state index contributed by atoms with van der Waals surface area (Å²) < 4.78 is 4.76. The molecule has 1 fully saturated rings. The summed E-state index contributed by atoms with van der Waals surface area (Å²) in [6, 6.07) is 0. The number of esters is 1. The molecule has 1 atom stereocenters. The zero-order valence-corrected chi connectivity index (χ0v) is 7.58. The maximum atomic E-state index is 11.0. The topological polar surface area (TPSA) is 26.3 Å². The Labute approximate surface area is 75.1 Å². The largest absolute Gasteiger partial charge is 0.462 e. The van der Waals surface area contributed by atoms with E-state index in [1.54, 1.807) is 6.92 Å². The summed E-state index contributed by atoms with van der Waals surface area (Å²) in [5.41, 5.74) is 0.529. The van der Waals surface area contributed by atoms with Gasteiger partial charge >= 0.3 is 5.97 Å². The van der Waals surface area contributed by atoms with Gasteiger partial charge in [-0.15, -0.1) is 11.6 Å². The van der Waals surface area contributed by atoms with E-state index < -0.39 is 0 Å². The van der Waals surface area contributed by atoms with Crippen LogP contribution in [0.5, 0.6) is 0 Å². The van der Waals surface area contributed by atoms with Gasteiger partial charge in [-0.25, -0.2) is 4.79 Å². The van der Waals surface area contributed by atoms with Crippen molar-refractivity contribution in [2.75, 3.05) is 12.5 Å². The summed E-state index contributed by atoms with van der Waals surface area (Å²) in [6.07, 6.45) is 0. The Bertz CT molecular complexity index is 206. The Morgan fingerprint density at radius 1 is 1.82 bits per heavy atom. The number of hydrogen-bond acceptors (Lipinski definition) is 2. The molecule has 0 aromatic carbocycles. The average Bonchev–Trinajstić information content (AvgIpc) is 2.30. The van der Waals surface area contributed by atoms with E-state index in [-0.39, 0.29) is 11.9 Å². The van der Waals surface area contributed by atoms with Gasteiger partial charge in [0.2, 0.25) is 0 Å². The van der Waals surface area contributed by atoms with Gasteiger partial charge in [-0.05, 0) is 6.92 Å². The molecule has 0 N–H and O–H groups in total. The van der Waals surface area contributed by atoms with Gasteiger partial charge in [-0.3, -0.25) is 0 Å². The summed E-state index contributed by atoms with van der Waals surface area (Å²) >= 11 is 11.3. The Morgan fingerprint density at radius 3 is 2.82 bits per heavy atom. The van der Waals surface area contributed by atoms with Crippen LogP contribution in [0.3, 0.4) is 0 Å². The third-order valence-corrected chi connectivity index (χ3v) is 2.18. The molecule has 0 unspecified atom stereocenters. The van der Waals surface area contributed by atoms with Crippen LogP contribution in [0.15, 0.2) is 10.6 Å². The highest BCUT2D eigenvalue weighted by molar-refractivity contribution is 6.31. The number of allylic oxidation sites excluding steroid dienone is 1. The molecular weight excluding hydrogens is 187 g/mol. The molecule has 0 aromatic heterocycles. The molecule has 1 heterocycles. The third kappa shape index (κ3) is 1.68. The van der Waals surface area contributed by atoms with Crippen molar-refractivity contribution in [3.8, 4) is 0 Å². The normalized spacial score (nSPS) is 28.6. The van der Waals surface area contributed by atoms with Crippen LogP contribution < -0.4 is 0 Å². The van der Waals surface area contributed by atoms with Crippen LogP contribution in [0.25, 0.3) is 0 Å². The fourth-order valence-electron chi connectivity index (χ4n) is 1.05. The van der Waals surface area contributed by atoms with Crippen molar-refractivity contribution in [1.82, 2.24) is 0 Å². The number of carbonyl (C=O) groups is 1. The molecule has 0 bridgehead atoms. The predicted molar refractivity (Wildman–Crippen MR) is 43.7 cm³/mol. The zero-order valence-electron chi connectivity index (χ0n) is 6.06. The SMILES string of the molecule is C/C(Cl)=C1\C(=O)OC[C@@H]1CCl. The molecule has 0 aliphatic carbocycles. The van der Waals surface area contributed by atoms with Gasteiger partial charge in [-0.2, -0.15) is 0 Å². The van der Waals surface area contributed by atoms with Crippen molar-refractivity contribution in [1.29, 1.82) is 0 Å². The third-order valence-electron chi connectivity index (χ3n) is 1.60. The van der Waals surface area contributed by atoms with Crippen molar-refractivity contribution in [3.05, 3.63) is 10.6 Å². The number of hydrogen-bond donors (Lipinski definition) is 0. The molecule has 4 heteroatoms. The van der Waals surface area contributed by atoms with Crippen LogP contribution >= 0.6 is 23.2 Å². The van der Waals surface area contributed by atoms with Crippen molar-refractivity contribution in [2.24, 2.45) is 5.92 Å². The Hall–Kier alpha value is -0.210. The van der Waals surface area contributed by atoms with E-state index in [9.17, 15) is 4.79 Å². The van der Waals surface area contributed by atoms with Gasteiger partial charge < -0.3 is 4.74 Å². The minimum Gasteiger partial charge on any atom is -0.462 e. The summed E-state index contributed by atoms with van der Waals surface area (Å²) in [4.78, 5) is 11.0. The molecule has 62 valence electrons. The second-order valence-corrected chi connectivity index (χ2v) is 3.27. The predicted octanol–water partition coefficient (Wildman–Crippen LogP) is 1.91. The molecule has 0 aromatic rings. The highest BCUT2D eigenvalue weighted by atomic mass is 35.5. The van der Waals surface area contributed by atoms with Gasteiger partial charge in [0.05, 0.1) is 12.2 Å². The van der Waals surface area contributed by atoms with E-state index >= 15 is 0 Å². The lowest BCUT2D eigenvalue weighted by Gasteiger charge is -2.01. The van der Waals surface area contributed by atoms with E-state index in [0.717, 1.165) is 0 Å². The van der Waals surface area contributed by atoms with Gasteiger partial charge in [0.1, 0.15) is 0 Å². The fourth-order valence-corrected chi connectivity index (χ4v) is 1.52. The van der Waals surface area contributed by atoms with Crippen molar-refractivity contribution in [2.45, 2.75) is 6.92 Å². The lowest BCUT2D eigenvalue weighted by atomic mass is 10.1. The first-order valence-electron chi connectivity index (χ1n) is 3.26. The van der Waals surface area contributed by atoms with Crippen molar-refractivity contribution >= 4 is 29.2 Å². The zero-order chi connectivity index (χ0) is 8.43. The Morgan fingerprint density at radius 2 is 2.45 bits per heavy atom. The molecule has 0 saturated carbocycles. The van der Waals surface area contributed by atoms with Gasteiger partial charge in [0.15, 0.2) is 0 Å². The smallest absolute Gasteiger partial charge is 0.335 e. The molecule has 1 aliphatic heterocycles. The first-order valence-corrected chi connectivity index (χ1v) is 4.17. The van der Waals surface area contributed by atoms with Crippen LogP contribution in [0.4, 0.5) is 0 Å². The van der Waals surface area contributed by atoms with E-state index in [2.05, 4.69) is 0 Å². The lowest BCUT2D eigenvalue weighted by molar-refractivity contribution is -0.135. The molecule has 2 nitrogen and oxygen atoms in total. The highest BCUT2D eigenvalue weighted by Crippen LogP contribution is 2.26. The second-order valence-electron chi connectivity index (χ2n) is 2.40. The van der Waals surface area contributed by atoms with Crippen LogP contribution in [-0.2, 0) is 9.53 Å². The standard InChI is InChI=1S/C7H8Cl2O2/c1-4(9)6-5(2-8)3-11-7(6)10/h5H,2-3H2,1H3/b6-4+/t5-/m0/s1. The molecular formula is C7H8Cl2O2. The monoisotopic (exact) mass is 194 g/mol. The minimum absolute atomic E-state index is 0.0262.